The van der Waals surface area contributed by atoms with Gasteiger partial charge in [-0.15, -0.1) is 0 Å². The summed E-state index contributed by atoms with van der Waals surface area (Å²) >= 11 is 3.45. The van der Waals surface area contributed by atoms with Crippen molar-refractivity contribution in [2.24, 2.45) is 0 Å². The van der Waals surface area contributed by atoms with Gasteiger partial charge in [-0.1, -0.05) is 34.1 Å². The van der Waals surface area contributed by atoms with E-state index in [0.29, 0.717) is 6.61 Å². The highest BCUT2D eigenvalue weighted by Gasteiger charge is 2.14. The van der Waals surface area contributed by atoms with Gasteiger partial charge in [-0.25, -0.2) is 0 Å². The molecule has 1 atom stereocenters. The molecule has 0 fully saturated rings. The van der Waals surface area contributed by atoms with Crippen LogP contribution in [0.1, 0.15) is 18.1 Å². The molecule has 2 aromatic carbocycles. The minimum Gasteiger partial charge on any atom is -0.497 e. The van der Waals surface area contributed by atoms with E-state index < -0.39 is 6.10 Å². The molecule has 0 saturated heterocycles. The van der Waals surface area contributed by atoms with Gasteiger partial charge in [-0.05, 0) is 49.2 Å². The molecule has 0 aliphatic heterocycles. The molecular weight excluding hydrogens is 358 g/mol. The van der Waals surface area contributed by atoms with Crippen LogP contribution in [-0.4, -0.2) is 19.1 Å². The summed E-state index contributed by atoms with van der Waals surface area (Å²) in [4.78, 5) is 12.2. The molecule has 0 radical (unpaired) electrons. The van der Waals surface area contributed by atoms with Gasteiger partial charge in [-0.3, -0.25) is 4.79 Å². The second kappa shape index (κ2) is 8.13. The van der Waals surface area contributed by atoms with Crippen LogP contribution >= 0.6 is 15.9 Å². The second-order valence-corrected chi connectivity index (χ2v) is 6.11. The highest BCUT2D eigenvalue weighted by Crippen LogP contribution is 2.21. The summed E-state index contributed by atoms with van der Waals surface area (Å²) < 4.78 is 11.8. The number of anilines is 1. The van der Waals surface area contributed by atoms with Crippen LogP contribution in [0.5, 0.6) is 5.75 Å². The molecule has 2 rings (SSSR count). The number of nitrogens with one attached hydrogen (secondary N) is 1. The van der Waals surface area contributed by atoms with E-state index in [4.69, 9.17) is 9.47 Å². The topological polar surface area (TPSA) is 47.6 Å². The van der Waals surface area contributed by atoms with Crippen LogP contribution in [0.15, 0.2) is 46.9 Å². The molecule has 23 heavy (non-hydrogen) atoms. The Morgan fingerprint density at radius 2 is 2.04 bits per heavy atom. The third kappa shape index (κ3) is 5.08. The van der Waals surface area contributed by atoms with Crippen LogP contribution in [-0.2, 0) is 16.1 Å². The van der Waals surface area contributed by atoms with E-state index >= 15 is 0 Å². The van der Waals surface area contributed by atoms with E-state index in [2.05, 4.69) is 21.2 Å². The first-order chi connectivity index (χ1) is 11.0. The Balaban J connectivity index is 1.90. The summed E-state index contributed by atoms with van der Waals surface area (Å²) in [6.07, 6.45) is -0.554. The van der Waals surface area contributed by atoms with E-state index in [-0.39, 0.29) is 5.91 Å². The normalized spacial score (nSPS) is 11.8. The standard InChI is InChI=1S/C18H20BrNO3/c1-12-7-8-15(10-17(12)19)20-18(21)13(2)23-11-14-5-4-6-16(9-14)22-3/h4-10,13H,11H2,1-3H3,(H,20,21). The van der Waals surface area contributed by atoms with E-state index in [1.165, 1.54) is 0 Å². The van der Waals surface area contributed by atoms with Crippen molar-refractivity contribution in [1.29, 1.82) is 0 Å². The highest BCUT2D eigenvalue weighted by atomic mass is 79.9. The summed E-state index contributed by atoms with van der Waals surface area (Å²) in [5, 5.41) is 2.85. The molecule has 1 unspecified atom stereocenters. The molecule has 0 aliphatic rings. The van der Waals surface area contributed by atoms with Gasteiger partial charge in [0.25, 0.3) is 5.91 Å². The zero-order valence-electron chi connectivity index (χ0n) is 13.4. The number of ether oxygens (including phenoxy) is 2. The van der Waals surface area contributed by atoms with Crippen molar-refractivity contribution in [1.82, 2.24) is 0 Å². The number of hydrogen-bond donors (Lipinski definition) is 1. The van der Waals surface area contributed by atoms with E-state index in [9.17, 15) is 4.79 Å². The molecule has 1 amide bonds. The van der Waals surface area contributed by atoms with Gasteiger partial charge in [0.1, 0.15) is 11.9 Å². The average molecular weight is 378 g/mol. The van der Waals surface area contributed by atoms with Crippen molar-refractivity contribution < 1.29 is 14.3 Å². The Labute approximate surface area is 144 Å². The number of amides is 1. The van der Waals surface area contributed by atoms with Crippen molar-refractivity contribution in [2.45, 2.75) is 26.6 Å². The number of hydrogen-bond acceptors (Lipinski definition) is 3. The van der Waals surface area contributed by atoms with Gasteiger partial charge in [0.05, 0.1) is 13.7 Å². The molecule has 0 bridgehead atoms. The lowest BCUT2D eigenvalue weighted by atomic mass is 10.2. The number of halogens is 1. The van der Waals surface area contributed by atoms with E-state index in [0.717, 1.165) is 27.0 Å². The number of carbonyl (C=O) groups is 1. The van der Waals surface area contributed by atoms with Crippen molar-refractivity contribution >= 4 is 27.5 Å². The van der Waals surface area contributed by atoms with Gasteiger partial charge in [0.2, 0.25) is 0 Å². The predicted molar refractivity (Wildman–Crippen MR) is 94.8 cm³/mol. The maximum atomic E-state index is 12.2. The van der Waals surface area contributed by atoms with Gasteiger partial charge in [-0.2, -0.15) is 0 Å². The van der Waals surface area contributed by atoms with Gasteiger partial charge < -0.3 is 14.8 Å². The average Bonchev–Trinajstić information content (AvgIpc) is 2.56. The zero-order chi connectivity index (χ0) is 16.8. The third-order valence-electron chi connectivity index (χ3n) is 3.44. The Kier molecular flexibility index (Phi) is 6.19. The minimum absolute atomic E-state index is 0.177. The Morgan fingerprint density at radius 1 is 1.26 bits per heavy atom. The fourth-order valence-corrected chi connectivity index (χ4v) is 2.35. The summed E-state index contributed by atoms with van der Waals surface area (Å²) in [5.41, 5.74) is 2.82. The third-order valence-corrected chi connectivity index (χ3v) is 4.30. The molecule has 1 N–H and O–H groups in total. The quantitative estimate of drug-likeness (QED) is 0.815. The summed E-state index contributed by atoms with van der Waals surface area (Å²) in [6, 6.07) is 13.3. The minimum atomic E-state index is -0.554. The fourth-order valence-electron chi connectivity index (χ4n) is 1.97. The first-order valence-corrected chi connectivity index (χ1v) is 8.10. The van der Waals surface area contributed by atoms with Crippen LogP contribution in [0.2, 0.25) is 0 Å². The predicted octanol–water partition coefficient (Wildman–Crippen LogP) is 4.31. The maximum absolute atomic E-state index is 12.2. The number of carbonyl (C=O) groups excluding carboxylic acids is 1. The molecule has 0 saturated carbocycles. The number of rotatable bonds is 6. The molecular formula is C18H20BrNO3. The van der Waals surface area contributed by atoms with Crippen LogP contribution in [0.25, 0.3) is 0 Å². The Morgan fingerprint density at radius 3 is 2.74 bits per heavy atom. The first-order valence-electron chi connectivity index (χ1n) is 7.31. The highest BCUT2D eigenvalue weighted by molar-refractivity contribution is 9.10. The van der Waals surface area contributed by atoms with E-state index in [1.54, 1.807) is 14.0 Å². The number of benzene rings is 2. The van der Waals surface area contributed by atoms with Gasteiger partial charge in [0, 0.05) is 10.2 Å². The lowest BCUT2D eigenvalue weighted by molar-refractivity contribution is -0.127. The molecule has 4 nitrogen and oxygen atoms in total. The van der Waals surface area contributed by atoms with Crippen molar-refractivity contribution in [3.8, 4) is 5.75 Å². The largest absolute Gasteiger partial charge is 0.497 e. The first kappa shape index (κ1) is 17.5. The molecule has 0 aliphatic carbocycles. The van der Waals surface area contributed by atoms with Crippen LogP contribution < -0.4 is 10.1 Å². The number of methoxy groups -OCH3 is 1. The molecule has 122 valence electrons. The van der Waals surface area contributed by atoms with Gasteiger partial charge >= 0.3 is 0 Å². The lowest BCUT2D eigenvalue weighted by Gasteiger charge is -2.14. The van der Waals surface area contributed by atoms with Crippen molar-refractivity contribution in [3.63, 3.8) is 0 Å². The second-order valence-electron chi connectivity index (χ2n) is 5.26. The summed E-state index contributed by atoms with van der Waals surface area (Å²) in [5.74, 6) is 0.594. The van der Waals surface area contributed by atoms with Gasteiger partial charge in [0.15, 0.2) is 0 Å². The monoisotopic (exact) mass is 377 g/mol. The zero-order valence-corrected chi connectivity index (χ0v) is 15.0. The lowest BCUT2D eigenvalue weighted by Crippen LogP contribution is -2.27. The smallest absolute Gasteiger partial charge is 0.253 e. The summed E-state index contributed by atoms with van der Waals surface area (Å²) in [7, 11) is 1.62. The van der Waals surface area contributed by atoms with Crippen LogP contribution in [0.3, 0.4) is 0 Å². The van der Waals surface area contributed by atoms with Crippen LogP contribution in [0.4, 0.5) is 5.69 Å². The van der Waals surface area contributed by atoms with E-state index in [1.807, 2.05) is 49.4 Å². The fraction of sp³-hybridized carbons (Fsp3) is 0.278. The Bertz CT molecular complexity index is 688. The molecule has 0 aromatic heterocycles. The number of aryl methyl sites for hydroxylation is 1. The maximum Gasteiger partial charge on any atom is 0.253 e. The molecule has 0 spiro atoms. The molecule has 5 heteroatoms. The van der Waals surface area contributed by atoms with Crippen molar-refractivity contribution in [2.75, 3.05) is 12.4 Å². The summed E-state index contributed by atoms with van der Waals surface area (Å²) in [6.45, 7) is 4.08. The van der Waals surface area contributed by atoms with Crippen LogP contribution in [0, 0.1) is 6.92 Å². The SMILES string of the molecule is COc1cccc(COC(C)C(=O)Nc2ccc(C)c(Br)c2)c1. The Hall–Kier alpha value is -1.85. The molecule has 0 heterocycles. The van der Waals surface area contributed by atoms with Crippen molar-refractivity contribution in [3.05, 3.63) is 58.1 Å². The molecule has 2 aromatic rings.